The van der Waals surface area contributed by atoms with E-state index in [1.807, 2.05) is 25.3 Å². The summed E-state index contributed by atoms with van der Waals surface area (Å²) in [6.07, 6.45) is 0.683. The molecule has 0 bridgehead atoms. The third kappa shape index (κ3) is 6.02. The largest absolute Gasteiger partial charge is 0.493 e. The first-order chi connectivity index (χ1) is 14.4. The van der Waals surface area contributed by atoms with Crippen molar-refractivity contribution in [2.45, 2.75) is 26.4 Å². The molecule has 0 fully saturated rings. The minimum atomic E-state index is -1.19. The highest BCUT2D eigenvalue weighted by atomic mass is 32.1. The molecule has 0 atom stereocenters. The van der Waals surface area contributed by atoms with Gasteiger partial charge >= 0.3 is 5.97 Å². The SMILES string of the molecule is CC(C)Oc1cc(OCCc2ccsc2)cc(C(=O)Nc2ccc(C(=O)O)nn2)c1. The molecule has 30 heavy (non-hydrogen) atoms. The Morgan fingerprint density at radius 2 is 1.93 bits per heavy atom. The average Bonchev–Trinajstić information content (AvgIpc) is 3.21. The van der Waals surface area contributed by atoms with Gasteiger partial charge in [-0.2, -0.15) is 11.3 Å². The van der Waals surface area contributed by atoms with Crippen LogP contribution in [0.3, 0.4) is 0 Å². The summed E-state index contributed by atoms with van der Waals surface area (Å²) in [4.78, 5) is 23.5. The molecule has 2 aromatic heterocycles. The summed E-state index contributed by atoms with van der Waals surface area (Å²) in [6.45, 7) is 4.25. The van der Waals surface area contributed by atoms with Crippen molar-refractivity contribution in [3.63, 3.8) is 0 Å². The number of nitrogens with zero attached hydrogens (tertiary/aromatic N) is 2. The predicted molar refractivity (Wildman–Crippen MR) is 113 cm³/mol. The summed E-state index contributed by atoms with van der Waals surface area (Å²) in [7, 11) is 0. The van der Waals surface area contributed by atoms with E-state index in [4.69, 9.17) is 14.6 Å². The summed E-state index contributed by atoms with van der Waals surface area (Å²) >= 11 is 1.63. The molecule has 2 heterocycles. The number of carboxylic acids is 1. The minimum Gasteiger partial charge on any atom is -0.493 e. The molecule has 0 aliphatic heterocycles. The second-order valence-electron chi connectivity index (χ2n) is 6.65. The van der Waals surface area contributed by atoms with E-state index in [1.54, 1.807) is 29.5 Å². The highest BCUT2D eigenvalue weighted by Crippen LogP contribution is 2.25. The Labute approximate surface area is 177 Å². The van der Waals surface area contributed by atoms with E-state index in [0.717, 1.165) is 6.42 Å². The molecule has 1 aromatic carbocycles. The molecule has 0 aliphatic carbocycles. The molecule has 0 radical (unpaired) electrons. The standard InChI is InChI=1S/C21H21N3O5S/c1-13(2)29-17-10-15(9-16(11-17)28-7-5-14-6-8-30-12-14)20(25)22-19-4-3-18(21(26)27)23-24-19/h3-4,6,8-13H,5,7H2,1-2H3,(H,26,27)(H,22,24,25). The molecular formula is C21H21N3O5S. The maximum absolute atomic E-state index is 12.7. The van der Waals surface area contributed by atoms with Crippen LogP contribution in [0.5, 0.6) is 11.5 Å². The number of benzene rings is 1. The smallest absolute Gasteiger partial charge is 0.356 e. The minimum absolute atomic E-state index is 0.0728. The lowest BCUT2D eigenvalue weighted by Gasteiger charge is -2.14. The van der Waals surface area contributed by atoms with Crippen LogP contribution in [0.2, 0.25) is 0 Å². The number of rotatable bonds is 9. The lowest BCUT2D eigenvalue weighted by atomic mass is 10.2. The van der Waals surface area contributed by atoms with Crippen molar-refractivity contribution in [3.05, 3.63) is 64.0 Å². The molecule has 0 spiro atoms. The number of thiophene rings is 1. The maximum atomic E-state index is 12.7. The zero-order valence-corrected chi connectivity index (χ0v) is 17.3. The number of carbonyl (C=O) groups is 2. The van der Waals surface area contributed by atoms with Gasteiger partial charge in [0.2, 0.25) is 0 Å². The quantitative estimate of drug-likeness (QED) is 0.533. The summed E-state index contributed by atoms with van der Waals surface area (Å²) in [5.41, 5.74) is 1.31. The molecule has 8 nitrogen and oxygen atoms in total. The van der Waals surface area contributed by atoms with Gasteiger partial charge < -0.3 is 19.9 Å². The lowest BCUT2D eigenvalue weighted by molar-refractivity contribution is 0.0689. The fourth-order valence-corrected chi connectivity index (χ4v) is 3.25. The normalized spacial score (nSPS) is 10.6. The molecule has 0 saturated carbocycles. The monoisotopic (exact) mass is 427 g/mol. The molecule has 3 aromatic rings. The first kappa shape index (κ1) is 21.3. The van der Waals surface area contributed by atoms with Gasteiger partial charge in [0.1, 0.15) is 11.5 Å². The lowest BCUT2D eigenvalue weighted by Crippen LogP contribution is -2.15. The Balaban J connectivity index is 1.73. The number of ether oxygens (including phenoxy) is 2. The van der Waals surface area contributed by atoms with Crippen molar-refractivity contribution >= 4 is 29.0 Å². The molecule has 3 rings (SSSR count). The molecule has 156 valence electrons. The Bertz CT molecular complexity index is 1000. The summed E-state index contributed by atoms with van der Waals surface area (Å²) in [5, 5.41) is 22.8. The fraction of sp³-hybridized carbons (Fsp3) is 0.238. The van der Waals surface area contributed by atoms with Crippen LogP contribution in [0.1, 0.15) is 40.3 Å². The van der Waals surface area contributed by atoms with Crippen LogP contribution in [0.15, 0.2) is 47.2 Å². The van der Waals surface area contributed by atoms with Crippen LogP contribution in [-0.2, 0) is 6.42 Å². The van der Waals surface area contributed by atoms with Gasteiger partial charge in [0, 0.05) is 18.1 Å². The van der Waals surface area contributed by atoms with Gasteiger partial charge in [-0.25, -0.2) is 4.79 Å². The first-order valence-electron chi connectivity index (χ1n) is 9.24. The number of aromatic carboxylic acids is 1. The van der Waals surface area contributed by atoms with Gasteiger partial charge in [-0.1, -0.05) is 0 Å². The number of carbonyl (C=O) groups excluding carboxylic acids is 1. The van der Waals surface area contributed by atoms with E-state index < -0.39 is 11.9 Å². The van der Waals surface area contributed by atoms with Crippen molar-refractivity contribution in [2.24, 2.45) is 0 Å². The van der Waals surface area contributed by atoms with Crippen molar-refractivity contribution in [2.75, 3.05) is 11.9 Å². The van der Waals surface area contributed by atoms with Crippen LogP contribution in [-0.4, -0.2) is 39.9 Å². The van der Waals surface area contributed by atoms with Crippen molar-refractivity contribution < 1.29 is 24.2 Å². The fourth-order valence-electron chi connectivity index (χ4n) is 2.55. The van der Waals surface area contributed by atoms with E-state index in [0.29, 0.717) is 23.7 Å². The van der Waals surface area contributed by atoms with E-state index in [9.17, 15) is 9.59 Å². The van der Waals surface area contributed by atoms with E-state index in [1.165, 1.54) is 17.7 Å². The molecule has 0 saturated heterocycles. The second kappa shape index (κ2) is 9.84. The van der Waals surface area contributed by atoms with Crippen LogP contribution >= 0.6 is 11.3 Å². The number of carboxylic acid groups (broad SMARTS) is 1. The third-order valence-corrected chi connectivity index (χ3v) is 4.61. The Hall–Kier alpha value is -3.46. The predicted octanol–water partition coefficient (Wildman–Crippen LogP) is 3.90. The van der Waals surface area contributed by atoms with E-state index in [-0.39, 0.29) is 17.6 Å². The van der Waals surface area contributed by atoms with Gasteiger partial charge in [-0.15, -0.1) is 10.2 Å². The van der Waals surface area contributed by atoms with E-state index >= 15 is 0 Å². The van der Waals surface area contributed by atoms with Crippen LogP contribution < -0.4 is 14.8 Å². The third-order valence-electron chi connectivity index (χ3n) is 3.88. The Morgan fingerprint density at radius 3 is 2.57 bits per heavy atom. The van der Waals surface area contributed by atoms with Gasteiger partial charge in [0.25, 0.3) is 5.91 Å². The zero-order chi connectivity index (χ0) is 21.5. The maximum Gasteiger partial charge on any atom is 0.356 e. The molecule has 0 aliphatic rings. The number of hydrogen-bond donors (Lipinski definition) is 2. The highest BCUT2D eigenvalue weighted by Gasteiger charge is 2.13. The summed E-state index contributed by atoms with van der Waals surface area (Å²) in [6, 6.07) is 9.66. The van der Waals surface area contributed by atoms with Gasteiger partial charge in [0.15, 0.2) is 11.5 Å². The first-order valence-corrected chi connectivity index (χ1v) is 10.2. The zero-order valence-electron chi connectivity index (χ0n) is 16.5. The molecular weight excluding hydrogens is 406 g/mol. The number of anilines is 1. The van der Waals surface area contributed by atoms with Gasteiger partial charge in [0.05, 0.1) is 12.7 Å². The molecule has 1 amide bonds. The number of nitrogens with one attached hydrogen (secondary N) is 1. The average molecular weight is 427 g/mol. The van der Waals surface area contributed by atoms with Crippen molar-refractivity contribution in [3.8, 4) is 11.5 Å². The number of aromatic nitrogens is 2. The number of hydrogen-bond acceptors (Lipinski definition) is 7. The topological polar surface area (TPSA) is 111 Å². The second-order valence-corrected chi connectivity index (χ2v) is 7.43. The summed E-state index contributed by atoms with van der Waals surface area (Å²) < 4.78 is 11.6. The van der Waals surface area contributed by atoms with Crippen molar-refractivity contribution in [1.29, 1.82) is 0 Å². The number of amides is 1. The highest BCUT2D eigenvalue weighted by molar-refractivity contribution is 7.07. The molecule has 2 N–H and O–H groups in total. The summed E-state index contributed by atoms with van der Waals surface area (Å²) in [5.74, 6) is -0.469. The van der Waals surface area contributed by atoms with Crippen LogP contribution in [0.25, 0.3) is 0 Å². The van der Waals surface area contributed by atoms with Crippen molar-refractivity contribution in [1.82, 2.24) is 10.2 Å². The Morgan fingerprint density at radius 1 is 1.13 bits per heavy atom. The van der Waals surface area contributed by atoms with Crippen LogP contribution in [0, 0.1) is 0 Å². The van der Waals surface area contributed by atoms with E-state index in [2.05, 4.69) is 20.9 Å². The Kier molecular flexibility index (Phi) is 6.97. The molecule has 0 unspecified atom stereocenters. The van der Waals surface area contributed by atoms with Gasteiger partial charge in [-0.3, -0.25) is 4.79 Å². The van der Waals surface area contributed by atoms with Gasteiger partial charge in [-0.05, 0) is 60.5 Å². The molecule has 9 heteroatoms. The van der Waals surface area contributed by atoms with Crippen LogP contribution in [0.4, 0.5) is 5.82 Å².